The van der Waals surface area contributed by atoms with Crippen LogP contribution in [0.5, 0.6) is 0 Å². The largest absolute Gasteiger partial charge is 0.477 e. The van der Waals surface area contributed by atoms with Crippen LogP contribution in [0.25, 0.3) is 0 Å². The van der Waals surface area contributed by atoms with Crippen LogP contribution in [0.15, 0.2) is 0 Å². The standard InChI is InChI=1S/C12H19N3O5S/c1-8-10(11(16)17)21-9(15-8)7-14-12(18)13-3-4-20-6-5-19-2/h3-7H2,1-2H3,(H,16,17)(H2,13,14,18). The molecule has 1 aromatic rings. The molecule has 0 spiro atoms. The van der Waals surface area contributed by atoms with Crippen LogP contribution >= 0.6 is 11.3 Å². The molecule has 1 aromatic heterocycles. The fourth-order valence-electron chi connectivity index (χ4n) is 1.43. The van der Waals surface area contributed by atoms with Gasteiger partial charge in [0, 0.05) is 13.7 Å². The fourth-order valence-corrected chi connectivity index (χ4v) is 2.27. The summed E-state index contributed by atoms with van der Waals surface area (Å²) in [6.07, 6.45) is 0. The number of ether oxygens (including phenoxy) is 2. The first-order valence-corrected chi connectivity index (χ1v) is 7.14. The predicted octanol–water partition coefficient (Wildman–Crippen LogP) is 0.612. The number of carbonyl (C=O) groups excluding carboxylic acids is 1. The van der Waals surface area contributed by atoms with Crippen LogP contribution in [0.3, 0.4) is 0 Å². The first-order chi connectivity index (χ1) is 10.0. The van der Waals surface area contributed by atoms with Gasteiger partial charge in [0.15, 0.2) is 0 Å². The van der Waals surface area contributed by atoms with Crippen molar-refractivity contribution >= 4 is 23.3 Å². The third-order valence-corrected chi connectivity index (χ3v) is 3.54. The Balaban J connectivity index is 2.21. The van der Waals surface area contributed by atoms with Crippen LogP contribution in [-0.2, 0) is 16.0 Å². The second-order valence-corrected chi connectivity index (χ2v) is 5.13. The minimum atomic E-state index is -1.01. The lowest BCUT2D eigenvalue weighted by Crippen LogP contribution is -2.37. The lowest BCUT2D eigenvalue weighted by molar-refractivity contribution is 0.0701. The number of carboxylic acids is 1. The van der Waals surface area contributed by atoms with Crippen molar-refractivity contribution < 1.29 is 24.2 Å². The Kier molecular flexibility index (Phi) is 7.65. The molecule has 3 N–H and O–H groups in total. The second-order valence-electron chi connectivity index (χ2n) is 4.04. The SMILES string of the molecule is COCCOCCNC(=O)NCc1nc(C)c(C(=O)O)s1. The van der Waals surface area contributed by atoms with E-state index in [4.69, 9.17) is 14.6 Å². The van der Waals surface area contributed by atoms with Gasteiger partial charge in [-0.2, -0.15) is 0 Å². The quantitative estimate of drug-likeness (QED) is 0.576. The summed E-state index contributed by atoms with van der Waals surface area (Å²) in [6, 6.07) is -0.352. The summed E-state index contributed by atoms with van der Waals surface area (Å²) in [5.41, 5.74) is 0.455. The van der Waals surface area contributed by atoms with Gasteiger partial charge in [0.2, 0.25) is 0 Å². The number of aromatic nitrogens is 1. The minimum absolute atomic E-state index is 0.190. The smallest absolute Gasteiger partial charge is 0.347 e. The number of carboxylic acid groups (broad SMARTS) is 1. The highest BCUT2D eigenvalue weighted by Crippen LogP contribution is 2.17. The molecule has 0 aliphatic heterocycles. The summed E-state index contributed by atoms with van der Waals surface area (Å²) in [7, 11) is 1.59. The molecule has 0 bridgehead atoms. The van der Waals surface area contributed by atoms with Gasteiger partial charge in [-0.25, -0.2) is 14.6 Å². The molecule has 9 heteroatoms. The topological polar surface area (TPSA) is 110 Å². The number of aryl methyl sites for hydroxylation is 1. The van der Waals surface area contributed by atoms with E-state index in [0.29, 0.717) is 37.1 Å². The number of hydrogen-bond donors (Lipinski definition) is 3. The predicted molar refractivity (Wildman–Crippen MR) is 76.7 cm³/mol. The summed E-state index contributed by atoms with van der Waals surface area (Å²) in [5, 5.41) is 14.7. The highest BCUT2D eigenvalue weighted by Gasteiger charge is 2.14. The van der Waals surface area contributed by atoms with Crippen molar-refractivity contribution in [1.29, 1.82) is 0 Å². The van der Waals surface area contributed by atoms with E-state index in [9.17, 15) is 9.59 Å². The van der Waals surface area contributed by atoms with Crippen molar-refractivity contribution in [1.82, 2.24) is 15.6 Å². The number of methoxy groups -OCH3 is 1. The molecule has 0 saturated heterocycles. The van der Waals surface area contributed by atoms with Crippen molar-refractivity contribution in [3.8, 4) is 0 Å². The highest BCUT2D eigenvalue weighted by atomic mass is 32.1. The molecule has 21 heavy (non-hydrogen) atoms. The van der Waals surface area contributed by atoms with Gasteiger partial charge in [0.1, 0.15) is 9.88 Å². The third kappa shape index (κ3) is 6.52. The summed E-state index contributed by atoms with van der Waals surface area (Å²) in [4.78, 5) is 26.6. The van der Waals surface area contributed by atoms with E-state index in [1.807, 2.05) is 0 Å². The van der Waals surface area contributed by atoms with Gasteiger partial charge < -0.3 is 25.2 Å². The maximum absolute atomic E-state index is 11.5. The summed E-state index contributed by atoms with van der Waals surface area (Å²) in [6.45, 7) is 3.59. The molecule has 0 aliphatic rings. The zero-order valence-corrected chi connectivity index (χ0v) is 12.8. The van der Waals surface area contributed by atoms with Gasteiger partial charge in [-0.15, -0.1) is 11.3 Å². The monoisotopic (exact) mass is 317 g/mol. The molecule has 0 aromatic carbocycles. The molecule has 118 valence electrons. The van der Waals surface area contributed by atoms with E-state index >= 15 is 0 Å². The number of aromatic carboxylic acids is 1. The highest BCUT2D eigenvalue weighted by molar-refractivity contribution is 7.13. The lowest BCUT2D eigenvalue weighted by Gasteiger charge is -2.07. The van der Waals surface area contributed by atoms with Gasteiger partial charge in [-0.1, -0.05) is 0 Å². The summed E-state index contributed by atoms with van der Waals surface area (Å²) < 4.78 is 10.0. The lowest BCUT2D eigenvalue weighted by atomic mass is 10.4. The number of nitrogens with one attached hydrogen (secondary N) is 2. The summed E-state index contributed by atoms with van der Waals surface area (Å²) in [5.74, 6) is -1.01. The molecule has 1 rings (SSSR count). The molecular formula is C12H19N3O5S. The maximum atomic E-state index is 11.5. The number of hydrogen-bond acceptors (Lipinski definition) is 6. The zero-order valence-electron chi connectivity index (χ0n) is 12.0. The molecule has 1 heterocycles. The molecule has 0 fully saturated rings. The van der Waals surface area contributed by atoms with Crippen LogP contribution < -0.4 is 10.6 Å². The minimum Gasteiger partial charge on any atom is -0.477 e. The fraction of sp³-hybridized carbons (Fsp3) is 0.583. The number of thiazole rings is 1. The van der Waals surface area contributed by atoms with Gasteiger partial charge in [0.25, 0.3) is 0 Å². The van der Waals surface area contributed by atoms with Gasteiger partial charge in [-0.05, 0) is 6.92 Å². The number of carbonyl (C=O) groups is 2. The van der Waals surface area contributed by atoms with Crippen molar-refractivity contribution in [2.24, 2.45) is 0 Å². The normalized spacial score (nSPS) is 10.4. The Hall–Kier alpha value is -1.71. The van der Waals surface area contributed by atoms with Crippen molar-refractivity contribution in [2.75, 3.05) is 33.5 Å². The third-order valence-electron chi connectivity index (χ3n) is 2.40. The van der Waals surface area contributed by atoms with E-state index in [0.717, 1.165) is 11.3 Å². The Morgan fingerprint density at radius 3 is 2.67 bits per heavy atom. The van der Waals surface area contributed by atoms with Gasteiger partial charge in [0.05, 0.1) is 32.1 Å². The Labute approximate surface area is 126 Å². The molecule has 0 radical (unpaired) electrons. The molecule has 0 aliphatic carbocycles. The Morgan fingerprint density at radius 1 is 1.29 bits per heavy atom. The average Bonchev–Trinajstić information content (AvgIpc) is 2.82. The zero-order chi connectivity index (χ0) is 15.7. The van der Waals surface area contributed by atoms with Gasteiger partial charge >= 0.3 is 12.0 Å². The Bertz CT molecular complexity index is 477. The second kappa shape index (κ2) is 9.27. The van der Waals surface area contributed by atoms with Gasteiger partial charge in [-0.3, -0.25) is 0 Å². The number of rotatable bonds is 9. The van der Waals surface area contributed by atoms with Crippen molar-refractivity contribution in [2.45, 2.75) is 13.5 Å². The average molecular weight is 317 g/mol. The van der Waals surface area contributed by atoms with Crippen LogP contribution in [0, 0.1) is 6.92 Å². The molecule has 0 saturated carbocycles. The van der Waals surface area contributed by atoms with E-state index in [-0.39, 0.29) is 17.5 Å². The van der Waals surface area contributed by atoms with E-state index in [1.165, 1.54) is 0 Å². The van der Waals surface area contributed by atoms with Crippen LogP contribution in [0.4, 0.5) is 4.79 Å². The first-order valence-electron chi connectivity index (χ1n) is 6.32. The Morgan fingerprint density at radius 2 is 2.05 bits per heavy atom. The number of urea groups is 1. The van der Waals surface area contributed by atoms with Crippen molar-refractivity contribution in [3.63, 3.8) is 0 Å². The first kappa shape index (κ1) is 17.3. The molecule has 2 amide bonds. The van der Waals surface area contributed by atoms with Crippen LogP contribution in [0.2, 0.25) is 0 Å². The molecular weight excluding hydrogens is 298 g/mol. The number of nitrogens with zero attached hydrogens (tertiary/aromatic N) is 1. The van der Waals surface area contributed by atoms with Crippen molar-refractivity contribution in [3.05, 3.63) is 15.6 Å². The van der Waals surface area contributed by atoms with Crippen LogP contribution in [0.1, 0.15) is 20.4 Å². The van der Waals surface area contributed by atoms with E-state index in [2.05, 4.69) is 15.6 Å². The molecule has 0 atom stereocenters. The molecule has 8 nitrogen and oxygen atoms in total. The summed E-state index contributed by atoms with van der Waals surface area (Å²) >= 11 is 1.06. The maximum Gasteiger partial charge on any atom is 0.347 e. The van der Waals surface area contributed by atoms with E-state index < -0.39 is 5.97 Å². The number of amides is 2. The molecule has 0 unspecified atom stereocenters. The van der Waals surface area contributed by atoms with Crippen LogP contribution in [-0.4, -0.2) is 55.6 Å². The van der Waals surface area contributed by atoms with E-state index in [1.54, 1.807) is 14.0 Å².